The molecule has 0 radical (unpaired) electrons. The molecule has 1 aromatic carbocycles. The molecule has 0 N–H and O–H groups in total. The number of carbonyl (C=O) groups excluding carboxylic acids is 1. The molecule has 1 atom stereocenters. The first-order valence-corrected chi connectivity index (χ1v) is 11.6. The van der Waals surface area contributed by atoms with E-state index in [4.69, 9.17) is 9.47 Å². The van der Waals surface area contributed by atoms with Crippen LogP contribution in [-0.4, -0.2) is 73.2 Å². The largest absolute Gasteiger partial charge is 0.486 e. The van der Waals surface area contributed by atoms with Crippen molar-refractivity contribution in [2.75, 3.05) is 57.4 Å². The third-order valence-corrected chi connectivity index (χ3v) is 6.65. The maximum atomic E-state index is 13.2. The molecule has 7 nitrogen and oxygen atoms in total. The average molecular weight is 476 g/mol. The van der Waals surface area contributed by atoms with Gasteiger partial charge in [0.25, 0.3) is 0 Å². The first-order chi connectivity index (χ1) is 16.4. The van der Waals surface area contributed by atoms with Crippen molar-refractivity contribution in [3.8, 4) is 11.5 Å². The molecule has 3 aliphatic rings. The Morgan fingerprint density at radius 3 is 2.47 bits per heavy atom. The van der Waals surface area contributed by atoms with Gasteiger partial charge in [-0.3, -0.25) is 9.69 Å². The smallest absolute Gasteiger partial charge is 0.417 e. The Morgan fingerprint density at radius 2 is 1.76 bits per heavy atom. The minimum absolute atomic E-state index is 0.0287. The molecule has 2 aromatic rings. The number of carbonyl (C=O) groups is 1. The zero-order valence-corrected chi connectivity index (χ0v) is 18.8. The van der Waals surface area contributed by atoms with Gasteiger partial charge in [0.15, 0.2) is 11.5 Å². The van der Waals surface area contributed by atoms with Crippen LogP contribution >= 0.6 is 0 Å². The molecule has 1 amide bonds. The second-order valence-electron chi connectivity index (χ2n) is 8.81. The van der Waals surface area contributed by atoms with Crippen LogP contribution in [0.15, 0.2) is 36.5 Å². The highest BCUT2D eigenvalue weighted by Gasteiger charge is 2.33. The number of pyridine rings is 1. The summed E-state index contributed by atoms with van der Waals surface area (Å²) in [6.45, 7) is 4.64. The van der Waals surface area contributed by atoms with Gasteiger partial charge in [0.05, 0.1) is 18.2 Å². The number of ether oxygens (including phenoxy) is 2. The number of hydrogen-bond acceptors (Lipinski definition) is 6. The van der Waals surface area contributed by atoms with Gasteiger partial charge in [-0.15, -0.1) is 0 Å². The Morgan fingerprint density at radius 1 is 1.00 bits per heavy atom. The monoisotopic (exact) mass is 476 g/mol. The van der Waals surface area contributed by atoms with Crippen molar-refractivity contribution in [3.05, 3.63) is 47.7 Å². The van der Waals surface area contributed by atoms with E-state index >= 15 is 0 Å². The molecule has 4 heterocycles. The third kappa shape index (κ3) is 4.77. The molecule has 0 bridgehead atoms. The number of amides is 1. The number of aromatic nitrogens is 1. The van der Waals surface area contributed by atoms with Crippen LogP contribution in [0.1, 0.15) is 30.0 Å². The lowest BCUT2D eigenvalue weighted by Gasteiger charge is -2.36. The molecular weight excluding hydrogens is 449 g/mol. The molecule has 2 saturated heterocycles. The molecule has 1 aromatic heterocycles. The number of hydrogen-bond donors (Lipinski definition) is 0. The van der Waals surface area contributed by atoms with Crippen molar-refractivity contribution in [1.82, 2.24) is 14.8 Å². The SMILES string of the molecule is O=C(CN1CCN(c2ccc(C(F)(F)F)cn2)CC1)N1CCC[C@@H]1c1ccc2c(c1)OCCO2. The summed E-state index contributed by atoms with van der Waals surface area (Å²) >= 11 is 0. The zero-order valence-electron chi connectivity index (χ0n) is 18.8. The fourth-order valence-electron chi connectivity index (χ4n) is 4.84. The maximum Gasteiger partial charge on any atom is 0.417 e. The molecular formula is C24H27F3N4O3. The van der Waals surface area contributed by atoms with E-state index in [1.807, 2.05) is 28.0 Å². The van der Waals surface area contributed by atoms with Crippen molar-refractivity contribution in [2.24, 2.45) is 0 Å². The first kappa shape index (κ1) is 22.8. The molecule has 0 aliphatic carbocycles. The number of piperazine rings is 1. The highest BCUT2D eigenvalue weighted by atomic mass is 19.4. The van der Waals surface area contributed by atoms with Crippen LogP contribution in [0.2, 0.25) is 0 Å². The summed E-state index contributed by atoms with van der Waals surface area (Å²) in [4.78, 5) is 23.2. The van der Waals surface area contributed by atoms with Gasteiger partial charge in [0.1, 0.15) is 19.0 Å². The van der Waals surface area contributed by atoms with E-state index in [2.05, 4.69) is 9.88 Å². The number of rotatable bonds is 4. The second kappa shape index (κ2) is 9.32. The van der Waals surface area contributed by atoms with E-state index < -0.39 is 11.7 Å². The molecule has 0 spiro atoms. The standard InChI is InChI=1S/C24H27F3N4O3/c25-24(26,27)18-4-6-22(28-15-18)30-10-8-29(9-11-30)16-23(32)31-7-1-2-19(31)17-3-5-20-21(14-17)34-13-12-33-20/h3-6,14-15,19H,1-2,7-13,16H2/t19-/m1/s1. The Kier molecular flexibility index (Phi) is 6.24. The van der Waals surface area contributed by atoms with Gasteiger partial charge in [0, 0.05) is 38.9 Å². The van der Waals surface area contributed by atoms with E-state index in [9.17, 15) is 18.0 Å². The summed E-state index contributed by atoms with van der Waals surface area (Å²) in [6, 6.07) is 8.41. The number of anilines is 1. The predicted octanol–water partition coefficient (Wildman–Crippen LogP) is 3.36. The van der Waals surface area contributed by atoms with Crippen LogP contribution in [0, 0.1) is 0 Å². The van der Waals surface area contributed by atoms with E-state index in [-0.39, 0.29) is 11.9 Å². The highest BCUT2D eigenvalue weighted by Crippen LogP contribution is 2.38. The van der Waals surface area contributed by atoms with Gasteiger partial charge in [-0.1, -0.05) is 6.07 Å². The van der Waals surface area contributed by atoms with Gasteiger partial charge in [-0.05, 0) is 42.7 Å². The van der Waals surface area contributed by atoms with Crippen LogP contribution in [-0.2, 0) is 11.0 Å². The van der Waals surface area contributed by atoms with Gasteiger partial charge in [-0.25, -0.2) is 4.98 Å². The van der Waals surface area contributed by atoms with Crippen LogP contribution in [0.5, 0.6) is 11.5 Å². The van der Waals surface area contributed by atoms with Crippen molar-refractivity contribution in [1.29, 1.82) is 0 Å². The number of halogens is 3. The van der Waals surface area contributed by atoms with Gasteiger partial charge in [-0.2, -0.15) is 13.2 Å². The molecule has 10 heteroatoms. The lowest BCUT2D eigenvalue weighted by molar-refractivity contribution is -0.137. The lowest BCUT2D eigenvalue weighted by atomic mass is 10.0. The van der Waals surface area contributed by atoms with Crippen molar-refractivity contribution in [2.45, 2.75) is 25.1 Å². The summed E-state index contributed by atoms with van der Waals surface area (Å²) in [5, 5.41) is 0. The fraction of sp³-hybridized carbons (Fsp3) is 0.500. The van der Waals surface area contributed by atoms with Crippen molar-refractivity contribution in [3.63, 3.8) is 0 Å². The van der Waals surface area contributed by atoms with Gasteiger partial charge < -0.3 is 19.3 Å². The van der Waals surface area contributed by atoms with Gasteiger partial charge in [0.2, 0.25) is 5.91 Å². The average Bonchev–Trinajstić information content (AvgIpc) is 3.34. The topological polar surface area (TPSA) is 58.1 Å². The predicted molar refractivity (Wildman–Crippen MR) is 119 cm³/mol. The van der Waals surface area contributed by atoms with Crippen LogP contribution in [0.3, 0.4) is 0 Å². The Hall–Kier alpha value is -3.01. The Labute approximate surface area is 196 Å². The van der Waals surface area contributed by atoms with Crippen molar-refractivity contribution < 1.29 is 27.4 Å². The first-order valence-electron chi connectivity index (χ1n) is 11.6. The van der Waals surface area contributed by atoms with Gasteiger partial charge >= 0.3 is 6.18 Å². The summed E-state index contributed by atoms with van der Waals surface area (Å²) < 4.78 is 49.6. The Bertz CT molecular complexity index is 1020. The molecule has 34 heavy (non-hydrogen) atoms. The number of fused-ring (bicyclic) bond motifs is 1. The summed E-state index contributed by atoms with van der Waals surface area (Å²) in [5.74, 6) is 2.10. The minimum atomic E-state index is -4.39. The molecule has 0 unspecified atom stereocenters. The quantitative estimate of drug-likeness (QED) is 0.675. The number of nitrogens with zero attached hydrogens (tertiary/aromatic N) is 4. The van der Waals surface area contributed by atoms with E-state index in [0.29, 0.717) is 51.8 Å². The van der Waals surface area contributed by atoms with E-state index in [1.54, 1.807) is 0 Å². The second-order valence-corrected chi connectivity index (χ2v) is 8.81. The highest BCUT2D eigenvalue weighted by molar-refractivity contribution is 5.79. The Balaban J connectivity index is 1.17. The summed E-state index contributed by atoms with van der Waals surface area (Å²) in [6.07, 6.45) is -1.65. The fourth-order valence-corrected chi connectivity index (χ4v) is 4.84. The number of benzene rings is 1. The van der Waals surface area contributed by atoms with Crippen LogP contribution in [0.25, 0.3) is 0 Å². The summed E-state index contributed by atoms with van der Waals surface area (Å²) in [7, 11) is 0. The zero-order chi connectivity index (χ0) is 23.7. The van der Waals surface area contributed by atoms with Crippen molar-refractivity contribution >= 4 is 11.7 Å². The third-order valence-electron chi connectivity index (χ3n) is 6.65. The number of likely N-dealkylation sites (tertiary alicyclic amines) is 1. The minimum Gasteiger partial charge on any atom is -0.486 e. The number of alkyl halides is 3. The van der Waals surface area contributed by atoms with Crippen LogP contribution in [0.4, 0.5) is 19.0 Å². The van der Waals surface area contributed by atoms with Crippen LogP contribution < -0.4 is 14.4 Å². The molecule has 182 valence electrons. The normalized spacial score (nSPS) is 21.1. The molecule has 0 saturated carbocycles. The van der Waals surface area contributed by atoms with E-state index in [1.165, 1.54) is 6.07 Å². The van der Waals surface area contributed by atoms with E-state index in [0.717, 1.165) is 48.7 Å². The molecule has 5 rings (SSSR count). The summed E-state index contributed by atoms with van der Waals surface area (Å²) in [5.41, 5.74) is 0.312. The molecule has 2 fully saturated rings. The lowest BCUT2D eigenvalue weighted by Crippen LogP contribution is -2.50. The molecule has 3 aliphatic heterocycles. The maximum absolute atomic E-state index is 13.2.